The van der Waals surface area contributed by atoms with Crippen molar-refractivity contribution in [3.8, 4) is 5.75 Å². The number of methoxy groups -OCH3 is 1. The van der Waals surface area contributed by atoms with Crippen molar-refractivity contribution in [1.29, 1.82) is 0 Å². The van der Waals surface area contributed by atoms with E-state index in [-0.39, 0.29) is 5.91 Å². The van der Waals surface area contributed by atoms with Gasteiger partial charge in [0.15, 0.2) is 11.3 Å². The lowest BCUT2D eigenvalue weighted by Crippen LogP contribution is -2.46. The lowest BCUT2D eigenvalue weighted by Gasteiger charge is -2.36. The van der Waals surface area contributed by atoms with Crippen LogP contribution in [-0.4, -0.2) is 75.9 Å². The molecule has 1 amide bonds. The van der Waals surface area contributed by atoms with Crippen LogP contribution >= 0.6 is 0 Å². The molecule has 1 aromatic carbocycles. The number of carbonyl (C=O) groups excluding carboxylic acids is 1. The van der Waals surface area contributed by atoms with Crippen LogP contribution in [0, 0.1) is 0 Å². The Morgan fingerprint density at radius 3 is 2.63 bits per heavy atom. The standard InChI is InChI=1S/C23H30N4O3/c1-25(2)23(28)21-15-17-14-19(29-3)16-20(22(17)30-21)27-12-10-26(11-13-27)9-7-18-6-4-5-8-24-18/h6,8,14-16H,4-5,7,9-13H2,1-3H3. The predicted octanol–water partition coefficient (Wildman–Crippen LogP) is 3.40. The number of piperazine rings is 1. The Bertz CT molecular complexity index is 968. The van der Waals surface area contributed by atoms with Crippen LogP contribution in [0.3, 0.4) is 0 Å². The largest absolute Gasteiger partial charge is 0.497 e. The molecule has 2 aliphatic heterocycles. The molecule has 0 unspecified atom stereocenters. The Morgan fingerprint density at radius 1 is 1.17 bits per heavy atom. The van der Waals surface area contributed by atoms with Gasteiger partial charge in [0.2, 0.25) is 0 Å². The molecule has 4 rings (SSSR count). The minimum Gasteiger partial charge on any atom is -0.497 e. The molecule has 0 aliphatic carbocycles. The average molecular weight is 411 g/mol. The van der Waals surface area contributed by atoms with E-state index in [0.717, 1.165) is 74.4 Å². The van der Waals surface area contributed by atoms with Crippen LogP contribution in [0.4, 0.5) is 5.69 Å². The quantitative estimate of drug-likeness (QED) is 0.730. The van der Waals surface area contributed by atoms with Gasteiger partial charge in [-0.3, -0.25) is 14.7 Å². The first-order valence-corrected chi connectivity index (χ1v) is 10.6. The first kappa shape index (κ1) is 20.5. The van der Waals surface area contributed by atoms with Crippen molar-refractivity contribution in [3.63, 3.8) is 0 Å². The van der Waals surface area contributed by atoms with Crippen LogP contribution in [0.25, 0.3) is 11.0 Å². The summed E-state index contributed by atoms with van der Waals surface area (Å²) in [5, 5.41) is 0.888. The Kier molecular flexibility index (Phi) is 6.08. The zero-order valence-corrected chi connectivity index (χ0v) is 18.1. The summed E-state index contributed by atoms with van der Waals surface area (Å²) < 4.78 is 11.5. The molecule has 1 fully saturated rings. The van der Waals surface area contributed by atoms with Crippen LogP contribution < -0.4 is 9.64 Å². The first-order chi connectivity index (χ1) is 14.5. The van der Waals surface area contributed by atoms with E-state index in [0.29, 0.717) is 5.76 Å². The number of rotatable bonds is 6. The second-order valence-electron chi connectivity index (χ2n) is 8.04. The van der Waals surface area contributed by atoms with E-state index < -0.39 is 0 Å². The zero-order chi connectivity index (χ0) is 21.1. The summed E-state index contributed by atoms with van der Waals surface area (Å²) in [4.78, 5) is 23.2. The highest BCUT2D eigenvalue weighted by molar-refractivity contribution is 5.99. The SMILES string of the molecule is COc1cc(N2CCN(CCC3=CCCC=N3)CC2)c2oc(C(=O)N(C)C)cc2c1. The maximum absolute atomic E-state index is 12.4. The molecule has 2 aliphatic rings. The fraction of sp³-hybridized carbons (Fsp3) is 0.478. The molecule has 7 nitrogen and oxygen atoms in total. The van der Waals surface area contributed by atoms with Crippen molar-refractivity contribution in [3.05, 3.63) is 35.7 Å². The molecule has 1 saturated heterocycles. The van der Waals surface area contributed by atoms with Crippen LogP contribution in [0.15, 0.2) is 39.4 Å². The van der Waals surface area contributed by atoms with E-state index in [2.05, 4.69) is 20.9 Å². The summed E-state index contributed by atoms with van der Waals surface area (Å²) in [6, 6.07) is 5.73. The summed E-state index contributed by atoms with van der Waals surface area (Å²) in [5.41, 5.74) is 2.95. The van der Waals surface area contributed by atoms with Gasteiger partial charge in [-0.05, 0) is 25.0 Å². The van der Waals surface area contributed by atoms with Crippen molar-refractivity contribution >= 4 is 28.8 Å². The van der Waals surface area contributed by atoms with Crippen molar-refractivity contribution in [2.45, 2.75) is 19.3 Å². The molecule has 0 bridgehead atoms. The summed E-state index contributed by atoms with van der Waals surface area (Å²) >= 11 is 0. The molecule has 3 heterocycles. The van der Waals surface area contributed by atoms with Crippen LogP contribution in [0.2, 0.25) is 0 Å². The smallest absolute Gasteiger partial charge is 0.289 e. The number of nitrogens with zero attached hydrogens (tertiary/aromatic N) is 4. The van der Waals surface area contributed by atoms with E-state index in [4.69, 9.17) is 9.15 Å². The molecule has 7 heteroatoms. The third-order valence-electron chi connectivity index (χ3n) is 5.75. The van der Waals surface area contributed by atoms with Gasteiger partial charge < -0.3 is 19.0 Å². The van der Waals surface area contributed by atoms with E-state index in [1.807, 2.05) is 18.3 Å². The molecule has 0 radical (unpaired) electrons. The molecule has 0 spiro atoms. The number of amides is 1. The summed E-state index contributed by atoms with van der Waals surface area (Å²) in [5.74, 6) is 0.983. The van der Waals surface area contributed by atoms with Crippen LogP contribution in [0.1, 0.15) is 29.8 Å². The van der Waals surface area contributed by atoms with Crippen molar-refractivity contribution in [2.24, 2.45) is 4.99 Å². The molecular weight excluding hydrogens is 380 g/mol. The molecule has 0 atom stereocenters. The van der Waals surface area contributed by atoms with Gasteiger partial charge >= 0.3 is 0 Å². The van der Waals surface area contributed by atoms with E-state index in [1.165, 1.54) is 10.6 Å². The third-order valence-corrected chi connectivity index (χ3v) is 5.75. The van der Waals surface area contributed by atoms with Crippen molar-refractivity contribution in [2.75, 3.05) is 58.8 Å². The number of furan rings is 1. The van der Waals surface area contributed by atoms with Gasteiger partial charge in [0, 0.05) is 76.6 Å². The van der Waals surface area contributed by atoms with Crippen molar-refractivity contribution < 1.29 is 13.9 Å². The molecule has 0 saturated carbocycles. The molecule has 30 heavy (non-hydrogen) atoms. The number of benzene rings is 1. The van der Waals surface area contributed by atoms with Gasteiger partial charge in [-0.25, -0.2) is 0 Å². The number of anilines is 1. The number of hydrogen-bond donors (Lipinski definition) is 0. The predicted molar refractivity (Wildman–Crippen MR) is 120 cm³/mol. The van der Waals surface area contributed by atoms with Crippen LogP contribution in [-0.2, 0) is 0 Å². The number of fused-ring (bicyclic) bond motifs is 1. The van der Waals surface area contributed by atoms with Gasteiger partial charge in [-0.1, -0.05) is 6.08 Å². The lowest BCUT2D eigenvalue weighted by atomic mass is 10.1. The molecule has 0 N–H and O–H groups in total. The fourth-order valence-electron chi connectivity index (χ4n) is 4.00. The van der Waals surface area contributed by atoms with Gasteiger partial charge in [0.05, 0.1) is 12.8 Å². The number of hydrogen-bond acceptors (Lipinski definition) is 6. The Labute approximate surface area is 177 Å². The van der Waals surface area contributed by atoms with E-state index in [1.54, 1.807) is 27.3 Å². The summed E-state index contributed by atoms with van der Waals surface area (Å²) in [6.45, 7) is 4.82. The Hall–Kier alpha value is -2.80. The minimum absolute atomic E-state index is 0.138. The van der Waals surface area contributed by atoms with Gasteiger partial charge in [-0.15, -0.1) is 0 Å². The van der Waals surface area contributed by atoms with Gasteiger partial charge in [0.1, 0.15) is 5.75 Å². The zero-order valence-electron chi connectivity index (χ0n) is 18.1. The monoisotopic (exact) mass is 410 g/mol. The highest BCUT2D eigenvalue weighted by Gasteiger charge is 2.23. The maximum atomic E-state index is 12.4. The maximum Gasteiger partial charge on any atom is 0.289 e. The number of carbonyl (C=O) groups is 1. The number of allylic oxidation sites excluding steroid dienone is 1. The second kappa shape index (κ2) is 8.92. The molecular formula is C23H30N4O3. The van der Waals surface area contributed by atoms with Crippen molar-refractivity contribution in [1.82, 2.24) is 9.80 Å². The minimum atomic E-state index is -0.138. The van der Waals surface area contributed by atoms with Gasteiger partial charge in [-0.2, -0.15) is 0 Å². The average Bonchev–Trinajstić information content (AvgIpc) is 3.21. The fourth-order valence-corrected chi connectivity index (χ4v) is 4.00. The summed E-state index contributed by atoms with van der Waals surface area (Å²) in [7, 11) is 5.12. The van der Waals surface area contributed by atoms with E-state index in [9.17, 15) is 4.79 Å². The third kappa shape index (κ3) is 4.36. The van der Waals surface area contributed by atoms with Gasteiger partial charge in [0.25, 0.3) is 5.91 Å². The molecule has 2 aromatic rings. The normalized spacial score (nSPS) is 17.3. The topological polar surface area (TPSA) is 61.5 Å². The number of ether oxygens (including phenoxy) is 1. The second-order valence-corrected chi connectivity index (χ2v) is 8.04. The van der Waals surface area contributed by atoms with Crippen LogP contribution in [0.5, 0.6) is 5.75 Å². The Morgan fingerprint density at radius 2 is 1.97 bits per heavy atom. The highest BCUT2D eigenvalue weighted by Crippen LogP contribution is 2.35. The Balaban J connectivity index is 1.48. The number of aliphatic imine (C=N–C) groups is 1. The molecule has 1 aromatic heterocycles. The van der Waals surface area contributed by atoms with E-state index >= 15 is 0 Å². The first-order valence-electron chi connectivity index (χ1n) is 10.6. The summed E-state index contributed by atoms with van der Waals surface area (Å²) in [6.07, 6.45) is 7.46. The lowest BCUT2D eigenvalue weighted by molar-refractivity contribution is 0.0799. The highest BCUT2D eigenvalue weighted by atomic mass is 16.5. The molecule has 160 valence electrons.